The van der Waals surface area contributed by atoms with Crippen molar-refractivity contribution >= 4 is 0 Å². The predicted octanol–water partition coefficient (Wildman–Crippen LogP) is 3.32. The Balaban J connectivity index is 1.98. The molecule has 0 amide bonds. The van der Waals surface area contributed by atoms with Gasteiger partial charge in [0.25, 0.3) is 0 Å². The number of aromatic nitrogens is 2. The summed E-state index contributed by atoms with van der Waals surface area (Å²) in [5.74, 6) is 1.00. The molecular weight excluding hydrogens is 245 g/mol. The second kappa shape index (κ2) is 4.72. The minimum absolute atomic E-state index is 0.194. The third-order valence-corrected chi connectivity index (χ3v) is 2.31. The fraction of sp³-hybridized carbons (Fsp3) is 0.250. The van der Waals surface area contributed by atoms with Crippen molar-refractivity contribution in [2.24, 2.45) is 0 Å². The molecule has 0 aliphatic carbocycles. The van der Waals surface area contributed by atoms with E-state index in [1.54, 1.807) is 6.20 Å². The van der Waals surface area contributed by atoms with Gasteiger partial charge in [0.2, 0.25) is 0 Å². The number of nitrogens with zero attached hydrogens (tertiary/aromatic N) is 1. The Labute approximate surface area is 102 Å². The molecule has 0 bridgehead atoms. The highest BCUT2D eigenvalue weighted by Crippen LogP contribution is 2.30. The van der Waals surface area contributed by atoms with Crippen molar-refractivity contribution in [1.29, 1.82) is 0 Å². The Hall–Kier alpha value is -1.98. The van der Waals surface area contributed by atoms with Crippen molar-refractivity contribution in [2.45, 2.75) is 19.7 Å². The van der Waals surface area contributed by atoms with E-state index in [1.165, 1.54) is 12.1 Å². The minimum Gasteiger partial charge on any atom is -0.486 e. The summed E-state index contributed by atoms with van der Waals surface area (Å²) in [6.45, 7) is 2.05. The van der Waals surface area contributed by atoms with E-state index in [-0.39, 0.29) is 6.61 Å². The molecule has 0 spiro atoms. The lowest BCUT2D eigenvalue weighted by Gasteiger charge is -2.08. The second-order valence-corrected chi connectivity index (χ2v) is 3.82. The van der Waals surface area contributed by atoms with Crippen LogP contribution in [0.5, 0.6) is 5.75 Å². The van der Waals surface area contributed by atoms with E-state index in [4.69, 9.17) is 4.74 Å². The van der Waals surface area contributed by atoms with Gasteiger partial charge in [0.05, 0.1) is 5.56 Å². The molecule has 1 aromatic carbocycles. The molecule has 2 rings (SSSR count). The average molecular weight is 256 g/mol. The fourth-order valence-electron chi connectivity index (χ4n) is 1.43. The van der Waals surface area contributed by atoms with Gasteiger partial charge in [0, 0.05) is 11.9 Å². The predicted molar refractivity (Wildman–Crippen MR) is 59.1 cm³/mol. The number of imidazole rings is 1. The van der Waals surface area contributed by atoms with Crippen LogP contribution in [0.15, 0.2) is 30.5 Å². The lowest BCUT2D eigenvalue weighted by atomic mass is 10.2. The molecule has 2 aromatic rings. The number of H-pyrrole nitrogens is 1. The third kappa shape index (κ3) is 3.03. The number of benzene rings is 1. The van der Waals surface area contributed by atoms with Crippen molar-refractivity contribution in [3.8, 4) is 5.75 Å². The highest BCUT2D eigenvalue weighted by atomic mass is 19.4. The van der Waals surface area contributed by atoms with Crippen LogP contribution in [-0.4, -0.2) is 9.97 Å². The number of aryl methyl sites for hydroxylation is 1. The van der Waals surface area contributed by atoms with E-state index in [1.807, 2.05) is 6.92 Å². The summed E-state index contributed by atoms with van der Waals surface area (Å²) >= 11 is 0. The first-order valence-electron chi connectivity index (χ1n) is 5.26. The van der Waals surface area contributed by atoms with Crippen molar-refractivity contribution in [2.75, 3.05) is 0 Å². The first-order chi connectivity index (χ1) is 8.45. The van der Waals surface area contributed by atoms with Crippen molar-refractivity contribution in [3.63, 3.8) is 0 Å². The summed E-state index contributed by atoms with van der Waals surface area (Å²) in [6.07, 6.45) is -2.66. The van der Waals surface area contributed by atoms with Crippen LogP contribution in [0.25, 0.3) is 0 Å². The highest BCUT2D eigenvalue weighted by molar-refractivity contribution is 5.28. The van der Waals surface area contributed by atoms with Crippen LogP contribution < -0.4 is 4.74 Å². The van der Waals surface area contributed by atoms with Crippen LogP contribution >= 0.6 is 0 Å². The van der Waals surface area contributed by atoms with Crippen LogP contribution in [0.2, 0.25) is 0 Å². The molecule has 18 heavy (non-hydrogen) atoms. The Morgan fingerprint density at radius 2 is 1.89 bits per heavy atom. The van der Waals surface area contributed by atoms with Gasteiger partial charge in [0.15, 0.2) is 0 Å². The zero-order chi connectivity index (χ0) is 13.2. The lowest BCUT2D eigenvalue weighted by Crippen LogP contribution is -2.04. The van der Waals surface area contributed by atoms with Crippen LogP contribution in [0, 0.1) is 6.92 Å². The molecular formula is C12H11F3N2O. The van der Waals surface area contributed by atoms with Crippen LogP contribution in [0.3, 0.4) is 0 Å². The Morgan fingerprint density at radius 1 is 1.22 bits per heavy atom. The minimum atomic E-state index is -4.32. The summed E-state index contributed by atoms with van der Waals surface area (Å²) < 4.78 is 42.3. The maximum atomic E-state index is 12.3. The average Bonchev–Trinajstić information content (AvgIpc) is 2.72. The number of aromatic amines is 1. The summed E-state index contributed by atoms with van der Waals surface area (Å²) in [6, 6.07) is 4.56. The zero-order valence-corrected chi connectivity index (χ0v) is 9.58. The normalized spacial score (nSPS) is 11.6. The van der Waals surface area contributed by atoms with Gasteiger partial charge in [0.1, 0.15) is 18.2 Å². The van der Waals surface area contributed by atoms with Gasteiger partial charge >= 0.3 is 6.18 Å². The summed E-state index contributed by atoms with van der Waals surface area (Å²) in [5, 5.41) is 0. The molecule has 1 N–H and O–H groups in total. The molecule has 0 aliphatic rings. The number of hydrogen-bond acceptors (Lipinski definition) is 2. The second-order valence-electron chi connectivity index (χ2n) is 3.82. The van der Waals surface area contributed by atoms with Crippen molar-refractivity contribution in [3.05, 3.63) is 47.5 Å². The largest absolute Gasteiger partial charge is 0.486 e. The van der Waals surface area contributed by atoms with E-state index in [9.17, 15) is 13.2 Å². The molecule has 3 nitrogen and oxygen atoms in total. The standard InChI is InChI=1S/C12H11F3N2O/c1-8-6-16-11(17-8)7-18-10-4-2-9(3-5-10)12(13,14)15/h2-6H,7H2,1H3,(H,16,17). The van der Waals surface area contributed by atoms with Gasteiger partial charge in [-0.1, -0.05) is 0 Å². The van der Waals surface area contributed by atoms with Crippen LogP contribution in [-0.2, 0) is 12.8 Å². The Morgan fingerprint density at radius 3 is 2.39 bits per heavy atom. The van der Waals surface area contributed by atoms with Gasteiger partial charge in [-0.2, -0.15) is 13.2 Å². The van der Waals surface area contributed by atoms with Crippen molar-refractivity contribution < 1.29 is 17.9 Å². The van der Waals surface area contributed by atoms with Crippen LogP contribution in [0.4, 0.5) is 13.2 Å². The maximum absolute atomic E-state index is 12.3. The molecule has 0 unspecified atom stereocenters. The van der Waals surface area contributed by atoms with Gasteiger partial charge in [-0.05, 0) is 31.2 Å². The summed E-state index contributed by atoms with van der Waals surface area (Å²) in [5.41, 5.74) is 0.213. The third-order valence-electron chi connectivity index (χ3n) is 2.31. The molecule has 0 fully saturated rings. The molecule has 0 radical (unpaired) electrons. The number of alkyl halides is 3. The number of hydrogen-bond donors (Lipinski definition) is 1. The van der Waals surface area contributed by atoms with Gasteiger partial charge in [-0.15, -0.1) is 0 Å². The van der Waals surface area contributed by atoms with E-state index in [0.29, 0.717) is 11.6 Å². The quantitative estimate of drug-likeness (QED) is 0.914. The van der Waals surface area contributed by atoms with E-state index >= 15 is 0 Å². The van der Waals surface area contributed by atoms with E-state index in [2.05, 4.69) is 9.97 Å². The molecule has 1 heterocycles. The molecule has 0 atom stereocenters. The monoisotopic (exact) mass is 256 g/mol. The molecule has 0 aliphatic heterocycles. The fourth-order valence-corrected chi connectivity index (χ4v) is 1.43. The number of halogens is 3. The maximum Gasteiger partial charge on any atom is 0.416 e. The first-order valence-corrected chi connectivity index (χ1v) is 5.26. The number of rotatable bonds is 3. The SMILES string of the molecule is Cc1cnc(COc2ccc(C(F)(F)F)cc2)[nH]1. The lowest BCUT2D eigenvalue weighted by molar-refractivity contribution is -0.137. The molecule has 0 saturated carbocycles. The van der Waals surface area contributed by atoms with Gasteiger partial charge in [-0.25, -0.2) is 4.98 Å². The van der Waals surface area contributed by atoms with Crippen LogP contribution in [0.1, 0.15) is 17.1 Å². The Kier molecular flexibility index (Phi) is 3.27. The number of ether oxygens (including phenoxy) is 1. The van der Waals surface area contributed by atoms with E-state index in [0.717, 1.165) is 17.8 Å². The Bertz CT molecular complexity index is 517. The molecule has 1 aromatic heterocycles. The smallest absolute Gasteiger partial charge is 0.416 e. The number of nitrogens with one attached hydrogen (secondary N) is 1. The highest BCUT2D eigenvalue weighted by Gasteiger charge is 2.29. The van der Waals surface area contributed by atoms with Crippen molar-refractivity contribution in [1.82, 2.24) is 9.97 Å². The van der Waals surface area contributed by atoms with E-state index < -0.39 is 11.7 Å². The zero-order valence-electron chi connectivity index (χ0n) is 9.58. The van der Waals surface area contributed by atoms with Gasteiger partial charge in [-0.3, -0.25) is 0 Å². The van der Waals surface area contributed by atoms with Gasteiger partial charge < -0.3 is 9.72 Å². The summed E-state index contributed by atoms with van der Waals surface area (Å²) in [4.78, 5) is 6.99. The molecule has 0 saturated heterocycles. The molecule has 96 valence electrons. The summed E-state index contributed by atoms with van der Waals surface area (Å²) in [7, 11) is 0. The first kappa shape index (κ1) is 12.5. The molecule has 6 heteroatoms. The topological polar surface area (TPSA) is 37.9 Å².